The van der Waals surface area contributed by atoms with Crippen LogP contribution in [0.3, 0.4) is 0 Å². The average Bonchev–Trinajstić information content (AvgIpc) is 2.75. The van der Waals surface area contributed by atoms with Crippen LogP contribution in [0, 0.1) is 0 Å². The lowest BCUT2D eigenvalue weighted by molar-refractivity contribution is -0.134. The second-order valence-corrected chi connectivity index (χ2v) is 3.29. The average molecular weight is 254 g/mol. The van der Waals surface area contributed by atoms with Gasteiger partial charge in [0.05, 0.1) is 13.4 Å². The highest BCUT2D eigenvalue weighted by Gasteiger charge is 2.19. The summed E-state index contributed by atoms with van der Waals surface area (Å²) >= 11 is 0. The van der Waals surface area contributed by atoms with Crippen LogP contribution in [-0.2, 0) is 4.79 Å². The van der Waals surface area contributed by atoms with Gasteiger partial charge in [-0.1, -0.05) is 0 Å². The molecule has 1 aromatic carbocycles. The molecule has 0 amide bonds. The molecule has 1 aliphatic heterocycles. The molecule has 2 rings (SSSR count). The van der Waals surface area contributed by atoms with E-state index in [9.17, 15) is 0 Å². The molecule has 0 aliphatic carbocycles. The third-order valence-electron chi connectivity index (χ3n) is 1.95. The Morgan fingerprint density at radius 1 is 1.44 bits per heavy atom. The first-order chi connectivity index (χ1) is 8.58. The monoisotopic (exact) mass is 254 g/mol. The third-order valence-corrected chi connectivity index (χ3v) is 1.95. The van der Waals surface area contributed by atoms with Gasteiger partial charge in [0.2, 0.25) is 12.5 Å². The number of rotatable bonds is 2. The van der Waals surface area contributed by atoms with E-state index in [0.29, 0.717) is 17.2 Å². The van der Waals surface area contributed by atoms with Gasteiger partial charge in [-0.2, -0.15) is 0 Å². The Morgan fingerprint density at radius 2 is 2.11 bits per heavy atom. The number of benzene rings is 1. The van der Waals surface area contributed by atoms with Crippen molar-refractivity contribution in [2.45, 2.75) is 6.92 Å². The summed E-state index contributed by atoms with van der Waals surface area (Å²) in [6.45, 7) is 1.29. The minimum Gasteiger partial charge on any atom is -0.516 e. The first-order valence-corrected chi connectivity index (χ1v) is 5.06. The quantitative estimate of drug-likeness (QED) is 0.785. The lowest BCUT2D eigenvalue weighted by Crippen LogP contribution is -1.93. The highest BCUT2D eigenvalue weighted by atomic mass is 16.7. The van der Waals surface area contributed by atoms with Crippen molar-refractivity contribution in [2.24, 2.45) is 0 Å². The Hall–Kier alpha value is -2.37. The van der Waals surface area contributed by atoms with Gasteiger partial charge in [0.25, 0.3) is 5.97 Å². The zero-order valence-electron chi connectivity index (χ0n) is 10.0. The summed E-state index contributed by atoms with van der Waals surface area (Å²) < 4.78 is 15.6. The number of aliphatic hydroxyl groups excluding tert-OH is 1. The van der Waals surface area contributed by atoms with Crippen LogP contribution in [0.1, 0.15) is 12.5 Å². The number of methoxy groups -OCH3 is 1. The molecule has 1 aliphatic rings. The smallest absolute Gasteiger partial charge is 0.300 e. The zero-order valence-corrected chi connectivity index (χ0v) is 10.0. The standard InChI is InChI=1S/C10H10O4.C2H4O2/c1-12-8-4-7(2-3-11)5-9-10(8)14-6-13-9;1-2(3)4/h2-5,11H,6H2,1H3;1H3,(H,3,4). The van der Waals surface area contributed by atoms with Crippen LogP contribution in [0.4, 0.5) is 0 Å². The summed E-state index contributed by atoms with van der Waals surface area (Å²) in [4.78, 5) is 9.00. The molecule has 0 atom stereocenters. The van der Waals surface area contributed by atoms with Crippen molar-refractivity contribution in [3.8, 4) is 17.2 Å². The van der Waals surface area contributed by atoms with Crippen LogP contribution in [-0.4, -0.2) is 30.1 Å². The first-order valence-electron chi connectivity index (χ1n) is 5.06. The molecule has 0 saturated carbocycles. The van der Waals surface area contributed by atoms with E-state index in [-0.39, 0.29) is 6.79 Å². The van der Waals surface area contributed by atoms with Crippen LogP contribution in [0.5, 0.6) is 17.2 Å². The molecule has 0 bridgehead atoms. The molecule has 0 radical (unpaired) electrons. The molecular formula is C12H14O6. The van der Waals surface area contributed by atoms with Crippen molar-refractivity contribution in [2.75, 3.05) is 13.9 Å². The van der Waals surface area contributed by atoms with E-state index in [0.717, 1.165) is 18.7 Å². The van der Waals surface area contributed by atoms with Gasteiger partial charge >= 0.3 is 0 Å². The Bertz CT molecular complexity index is 448. The molecule has 1 aromatic rings. The fourth-order valence-corrected chi connectivity index (χ4v) is 1.33. The molecule has 2 N–H and O–H groups in total. The van der Waals surface area contributed by atoms with E-state index < -0.39 is 5.97 Å². The van der Waals surface area contributed by atoms with Crippen LogP contribution in [0.15, 0.2) is 18.4 Å². The minimum atomic E-state index is -0.833. The molecule has 6 nitrogen and oxygen atoms in total. The molecule has 6 heteroatoms. The highest BCUT2D eigenvalue weighted by Crippen LogP contribution is 2.41. The number of aliphatic hydroxyl groups is 1. The maximum absolute atomic E-state index is 9.00. The van der Waals surface area contributed by atoms with E-state index in [2.05, 4.69) is 0 Å². The largest absolute Gasteiger partial charge is 0.516 e. The summed E-state index contributed by atoms with van der Waals surface area (Å²) in [6, 6.07) is 3.54. The van der Waals surface area contributed by atoms with Gasteiger partial charge in [0.1, 0.15) is 0 Å². The summed E-state index contributed by atoms with van der Waals surface area (Å²) in [5, 5.41) is 16.1. The maximum atomic E-state index is 9.00. The van der Waals surface area contributed by atoms with E-state index >= 15 is 0 Å². The van der Waals surface area contributed by atoms with Crippen molar-refractivity contribution in [3.63, 3.8) is 0 Å². The van der Waals surface area contributed by atoms with Gasteiger partial charge in [-0.05, 0) is 23.8 Å². The van der Waals surface area contributed by atoms with Crippen LogP contribution in [0.2, 0.25) is 0 Å². The fourth-order valence-electron chi connectivity index (χ4n) is 1.33. The lowest BCUT2D eigenvalue weighted by atomic mass is 10.2. The third kappa shape index (κ3) is 3.58. The Kier molecular flexibility index (Phi) is 4.86. The molecule has 0 spiro atoms. The second kappa shape index (κ2) is 6.39. The van der Waals surface area contributed by atoms with Gasteiger partial charge in [0.15, 0.2) is 11.5 Å². The maximum Gasteiger partial charge on any atom is 0.300 e. The van der Waals surface area contributed by atoms with Gasteiger partial charge in [-0.3, -0.25) is 4.79 Å². The van der Waals surface area contributed by atoms with Gasteiger partial charge in [-0.15, -0.1) is 0 Å². The highest BCUT2D eigenvalue weighted by molar-refractivity contribution is 5.63. The lowest BCUT2D eigenvalue weighted by Gasteiger charge is -2.05. The number of carbonyl (C=O) groups is 1. The van der Waals surface area contributed by atoms with Crippen molar-refractivity contribution in [3.05, 3.63) is 24.0 Å². The molecule has 0 fully saturated rings. The first kappa shape index (κ1) is 13.7. The molecule has 0 saturated heterocycles. The summed E-state index contributed by atoms with van der Waals surface area (Å²) in [5.74, 6) is 1.02. The second-order valence-electron chi connectivity index (χ2n) is 3.29. The van der Waals surface area contributed by atoms with Crippen LogP contribution in [0.25, 0.3) is 6.08 Å². The molecule has 98 valence electrons. The number of fused-ring (bicyclic) bond motifs is 1. The SMILES string of the molecule is CC(=O)O.COc1cc(C=CO)cc2c1OCO2. The number of hydrogen-bond acceptors (Lipinski definition) is 5. The van der Waals surface area contributed by atoms with E-state index in [1.807, 2.05) is 0 Å². The summed E-state index contributed by atoms with van der Waals surface area (Å²) in [7, 11) is 1.56. The van der Waals surface area contributed by atoms with Crippen molar-refractivity contribution >= 4 is 12.0 Å². The predicted octanol–water partition coefficient (Wildman–Crippen LogP) is 2.04. The summed E-state index contributed by atoms with van der Waals surface area (Å²) in [6.07, 6.45) is 2.52. The number of carboxylic acids is 1. The Morgan fingerprint density at radius 3 is 2.67 bits per heavy atom. The number of carboxylic acid groups (broad SMARTS) is 1. The minimum absolute atomic E-state index is 0.206. The molecule has 0 unspecified atom stereocenters. The molecule has 0 aromatic heterocycles. The predicted molar refractivity (Wildman–Crippen MR) is 64.1 cm³/mol. The summed E-state index contributed by atoms with van der Waals surface area (Å²) in [5.41, 5.74) is 0.800. The van der Waals surface area contributed by atoms with Crippen molar-refractivity contribution in [1.29, 1.82) is 0 Å². The van der Waals surface area contributed by atoms with Crippen LogP contribution >= 0.6 is 0 Å². The van der Waals surface area contributed by atoms with Gasteiger partial charge in [0, 0.05) is 6.92 Å². The molecular weight excluding hydrogens is 240 g/mol. The number of ether oxygens (including phenoxy) is 3. The topological polar surface area (TPSA) is 85.2 Å². The zero-order chi connectivity index (χ0) is 13.5. The van der Waals surface area contributed by atoms with E-state index in [1.54, 1.807) is 25.3 Å². The number of hydrogen-bond donors (Lipinski definition) is 2. The van der Waals surface area contributed by atoms with Gasteiger partial charge < -0.3 is 24.4 Å². The van der Waals surface area contributed by atoms with Crippen molar-refractivity contribution in [1.82, 2.24) is 0 Å². The Balaban J connectivity index is 0.000000357. The normalized spacial score (nSPS) is 11.9. The van der Waals surface area contributed by atoms with Gasteiger partial charge in [-0.25, -0.2) is 0 Å². The van der Waals surface area contributed by atoms with Crippen molar-refractivity contribution < 1.29 is 29.2 Å². The molecule has 18 heavy (non-hydrogen) atoms. The molecule has 1 heterocycles. The Labute approximate surface area is 104 Å². The van der Waals surface area contributed by atoms with E-state index in [1.165, 1.54) is 0 Å². The fraction of sp³-hybridized carbons (Fsp3) is 0.250. The van der Waals surface area contributed by atoms with Crippen LogP contribution < -0.4 is 14.2 Å². The number of aliphatic carboxylic acids is 1. The van der Waals surface area contributed by atoms with E-state index in [4.69, 9.17) is 29.2 Å².